The predicted molar refractivity (Wildman–Crippen MR) is 427 cm³/mol. The minimum absolute atomic E-state index is 0.101. The fourth-order valence-corrected chi connectivity index (χ4v) is 14.2. The van der Waals surface area contributed by atoms with Gasteiger partial charge in [-0.2, -0.15) is 0 Å². The molecule has 0 aliphatic heterocycles. The van der Waals surface area contributed by atoms with Gasteiger partial charge < -0.3 is 33.8 Å². The third kappa shape index (κ3) is 76.3. The first kappa shape index (κ1) is 102. The summed E-state index contributed by atoms with van der Waals surface area (Å²) in [6, 6.07) is 0. The molecule has 614 valence electrons. The molecule has 17 nitrogen and oxygen atoms in total. The molecule has 0 aliphatic rings. The first-order valence-electron chi connectivity index (χ1n) is 43.2. The number of carbonyl (C=O) groups excluding carboxylic acids is 4. The summed E-state index contributed by atoms with van der Waals surface area (Å²) in [6.07, 6.45) is 67.5. The topological polar surface area (TPSA) is 237 Å². The lowest BCUT2D eigenvalue weighted by Gasteiger charge is -2.21. The van der Waals surface area contributed by atoms with Crippen LogP contribution in [-0.4, -0.2) is 96.7 Å². The first-order valence-corrected chi connectivity index (χ1v) is 46.2. The zero-order chi connectivity index (χ0) is 76.5. The molecular weight excluding hydrogens is 1350 g/mol. The van der Waals surface area contributed by atoms with Gasteiger partial charge in [0, 0.05) is 25.7 Å². The van der Waals surface area contributed by atoms with Gasteiger partial charge in [-0.05, 0) is 69.1 Å². The van der Waals surface area contributed by atoms with Crippen LogP contribution in [0, 0.1) is 17.8 Å². The van der Waals surface area contributed by atoms with E-state index in [1.54, 1.807) is 0 Å². The number of carbonyl (C=O) groups is 4. The number of ether oxygens (including phenoxy) is 4. The minimum Gasteiger partial charge on any atom is -0.462 e. The summed E-state index contributed by atoms with van der Waals surface area (Å²) in [5.74, 6) is 0.229. The third-order valence-corrected chi connectivity index (χ3v) is 21.5. The average Bonchev–Trinajstić information content (AvgIpc) is 0.912. The third-order valence-electron chi connectivity index (χ3n) is 19.6. The van der Waals surface area contributed by atoms with E-state index in [2.05, 4.69) is 72.8 Å². The molecule has 6 atom stereocenters. The molecule has 0 amide bonds. The van der Waals surface area contributed by atoms with Gasteiger partial charge in [-0.15, -0.1) is 0 Å². The van der Waals surface area contributed by atoms with E-state index < -0.39 is 97.5 Å². The van der Waals surface area contributed by atoms with Crippen LogP contribution in [0.5, 0.6) is 0 Å². The average molecular weight is 1520 g/mol. The monoisotopic (exact) mass is 1520 g/mol. The van der Waals surface area contributed by atoms with Crippen LogP contribution >= 0.6 is 15.6 Å². The molecule has 0 saturated heterocycles. The van der Waals surface area contributed by atoms with Gasteiger partial charge in [0.05, 0.1) is 26.4 Å². The molecule has 104 heavy (non-hydrogen) atoms. The molecule has 0 aromatic carbocycles. The Labute approximate surface area is 637 Å². The number of aliphatic hydroxyl groups is 1. The van der Waals surface area contributed by atoms with Crippen LogP contribution in [0.15, 0.2) is 24.3 Å². The van der Waals surface area contributed by atoms with Crippen molar-refractivity contribution in [2.75, 3.05) is 39.6 Å². The number of esters is 4. The molecule has 4 unspecified atom stereocenters. The predicted octanol–water partition coefficient (Wildman–Crippen LogP) is 25.3. The number of rotatable bonds is 81. The summed E-state index contributed by atoms with van der Waals surface area (Å²) in [4.78, 5) is 73.1. The lowest BCUT2D eigenvalue weighted by Crippen LogP contribution is -2.30. The Balaban J connectivity index is 5.25. The molecule has 0 radical (unpaired) electrons. The Morgan fingerprint density at radius 1 is 0.317 bits per heavy atom. The van der Waals surface area contributed by atoms with Gasteiger partial charge in [-0.3, -0.25) is 37.3 Å². The number of allylic oxidation sites excluding steroid dienone is 4. The maximum absolute atomic E-state index is 13.1. The number of unbranched alkanes of at least 4 members (excludes halogenated alkanes) is 45. The molecule has 0 rings (SSSR count). The minimum atomic E-state index is -4.97. The zero-order valence-corrected chi connectivity index (χ0v) is 69.8. The summed E-state index contributed by atoms with van der Waals surface area (Å²) in [6.45, 7) is 11.9. The molecule has 0 heterocycles. The molecule has 0 bridgehead atoms. The van der Waals surface area contributed by atoms with Gasteiger partial charge in [0.15, 0.2) is 12.2 Å². The van der Waals surface area contributed by atoms with E-state index in [1.165, 1.54) is 205 Å². The van der Waals surface area contributed by atoms with Crippen molar-refractivity contribution in [1.29, 1.82) is 0 Å². The summed E-state index contributed by atoms with van der Waals surface area (Å²) in [7, 11) is -9.94. The van der Waals surface area contributed by atoms with Crippen LogP contribution < -0.4 is 0 Å². The fraction of sp³-hybridized carbons (Fsp3) is 0.906. The van der Waals surface area contributed by atoms with E-state index in [1.807, 2.05) is 0 Å². The second kappa shape index (κ2) is 74.6. The number of phosphoric ester groups is 2. The van der Waals surface area contributed by atoms with E-state index in [-0.39, 0.29) is 25.7 Å². The van der Waals surface area contributed by atoms with Crippen molar-refractivity contribution in [3.05, 3.63) is 24.3 Å². The van der Waals surface area contributed by atoms with Crippen molar-refractivity contribution >= 4 is 39.5 Å². The van der Waals surface area contributed by atoms with E-state index >= 15 is 0 Å². The van der Waals surface area contributed by atoms with Crippen LogP contribution in [0.4, 0.5) is 0 Å². The van der Waals surface area contributed by atoms with Gasteiger partial charge in [-0.1, -0.05) is 368 Å². The molecule has 19 heteroatoms. The molecule has 0 aromatic rings. The maximum atomic E-state index is 13.1. The molecule has 0 aromatic heterocycles. The second-order valence-electron chi connectivity index (χ2n) is 31.1. The summed E-state index contributed by atoms with van der Waals surface area (Å²) >= 11 is 0. The standard InChI is InChI=1S/C85H162O17P2/c1-8-10-11-12-13-14-15-16-21-28-33-38-45-52-59-66-82(87)95-72-80(101-84(89)68-61-54-46-39-34-29-23-20-18-17-19-22-27-32-37-44-51-58-65-78(7)9-2)74-99-103(91,92)97-70-79(86)71-98-104(93,94)100-75-81(73-96-83(88)67-60-53-48-41-43-50-57-64-77(5)6)102-85(90)69-62-55-47-40-35-30-25-24-26-31-36-42-49-56-63-76(3)4/h14-16,21,76-81,86H,8-13,17-20,22-75H2,1-7H3,(H,91,92)(H,93,94)/b15-14-,21-16-/t78?,79?,80-,81-/m1/s1. The van der Waals surface area contributed by atoms with E-state index in [4.69, 9.17) is 37.0 Å². The highest BCUT2D eigenvalue weighted by atomic mass is 31.2. The highest BCUT2D eigenvalue weighted by molar-refractivity contribution is 7.47. The molecule has 3 N–H and O–H groups in total. The van der Waals surface area contributed by atoms with Crippen LogP contribution in [-0.2, 0) is 65.4 Å². The Hall–Kier alpha value is -2.46. The molecule has 0 aliphatic carbocycles. The second-order valence-corrected chi connectivity index (χ2v) is 34.0. The summed E-state index contributed by atoms with van der Waals surface area (Å²) in [5, 5.41) is 10.7. The van der Waals surface area contributed by atoms with E-state index in [0.29, 0.717) is 31.6 Å². The van der Waals surface area contributed by atoms with Crippen molar-refractivity contribution in [2.24, 2.45) is 17.8 Å². The summed E-state index contributed by atoms with van der Waals surface area (Å²) < 4.78 is 68.8. The Kier molecular flexibility index (Phi) is 72.9. The van der Waals surface area contributed by atoms with Crippen molar-refractivity contribution in [1.82, 2.24) is 0 Å². The fourth-order valence-electron chi connectivity index (χ4n) is 12.6. The van der Waals surface area contributed by atoms with Gasteiger partial charge in [0.25, 0.3) is 0 Å². The van der Waals surface area contributed by atoms with Crippen molar-refractivity contribution in [3.63, 3.8) is 0 Å². The van der Waals surface area contributed by atoms with Crippen molar-refractivity contribution < 1.29 is 80.2 Å². The highest BCUT2D eigenvalue weighted by Gasteiger charge is 2.30. The zero-order valence-electron chi connectivity index (χ0n) is 68.0. The number of hydrogen-bond acceptors (Lipinski definition) is 15. The Morgan fingerprint density at radius 2 is 0.567 bits per heavy atom. The molecule has 0 saturated carbocycles. The van der Waals surface area contributed by atoms with Gasteiger partial charge in [0.2, 0.25) is 0 Å². The van der Waals surface area contributed by atoms with Crippen molar-refractivity contribution in [3.8, 4) is 0 Å². The Bertz CT molecular complexity index is 2110. The Morgan fingerprint density at radius 3 is 0.856 bits per heavy atom. The van der Waals surface area contributed by atoms with E-state index in [9.17, 15) is 43.2 Å². The van der Waals surface area contributed by atoms with Gasteiger partial charge >= 0.3 is 39.5 Å². The smallest absolute Gasteiger partial charge is 0.462 e. The number of phosphoric acid groups is 2. The van der Waals surface area contributed by atoms with Crippen LogP contribution in [0.1, 0.15) is 421 Å². The lowest BCUT2D eigenvalue weighted by molar-refractivity contribution is -0.161. The van der Waals surface area contributed by atoms with Crippen molar-refractivity contribution in [2.45, 2.75) is 439 Å². The molecular formula is C85H162O17P2. The molecule has 0 fully saturated rings. The van der Waals surface area contributed by atoms with Gasteiger partial charge in [0.1, 0.15) is 19.3 Å². The maximum Gasteiger partial charge on any atom is 0.472 e. The van der Waals surface area contributed by atoms with Crippen LogP contribution in [0.25, 0.3) is 0 Å². The van der Waals surface area contributed by atoms with Crippen LogP contribution in [0.3, 0.4) is 0 Å². The molecule has 0 spiro atoms. The largest absolute Gasteiger partial charge is 0.472 e. The normalized spacial score (nSPS) is 14.3. The number of hydrogen-bond donors (Lipinski definition) is 3. The number of aliphatic hydroxyl groups excluding tert-OH is 1. The van der Waals surface area contributed by atoms with Crippen LogP contribution in [0.2, 0.25) is 0 Å². The first-order chi connectivity index (χ1) is 50.3. The van der Waals surface area contributed by atoms with Gasteiger partial charge in [-0.25, -0.2) is 9.13 Å². The highest BCUT2D eigenvalue weighted by Crippen LogP contribution is 2.45. The quantitative estimate of drug-likeness (QED) is 0.0169. The SMILES string of the molecule is CCCCCC/C=C\C=C/CCCCCCCC(=O)OC[C@H](COP(=O)(O)OCC(O)COP(=O)(O)OC[C@@H](COC(=O)CCCCCCCCCC(C)C)OC(=O)CCCCCCCCCCCCCCCCC(C)C)OC(=O)CCCCCCCCCCCCCCCCCCCCC(C)CC. The summed E-state index contributed by atoms with van der Waals surface area (Å²) in [5.41, 5.74) is 0. The van der Waals surface area contributed by atoms with E-state index in [0.717, 1.165) is 127 Å². The lowest BCUT2D eigenvalue weighted by atomic mass is 9.99.